The van der Waals surface area contributed by atoms with Crippen LogP contribution in [0.5, 0.6) is 5.75 Å². The van der Waals surface area contributed by atoms with Gasteiger partial charge in [0.05, 0.1) is 23.9 Å². The van der Waals surface area contributed by atoms with Gasteiger partial charge >= 0.3 is 0 Å². The lowest BCUT2D eigenvalue weighted by Gasteiger charge is -2.38. The molecule has 2 aliphatic heterocycles. The summed E-state index contributed by atoms with van der Waals surface area (Å²) in [5, 5.41) is 12.7. The molecule has 0 spiro atoms. The van der Waals surface area contributed by atoms with E-state index >= 15 is 0 Å². The number of carbonyl (C=O) groups is 2. The van der Waals surface area contributed by atoms with Gasteiger partial charge in [-0.25, -0.2) is 0 Å². The van der Waals surface area contributed by atoms with Gasteiger partial charge in [0.2, 0.25) is 5.91 Å². The molecule has 1 aromatic carbocycles. The minimum Gasteiger partial charge on any atom is -0.486 e. The number of aliphatic hydroxyl groups is 1. The van der Waals surface area contributed by atoms with E-state index in [1.54, 1.807) is 23.1 Å². The van der Waals surface area contributed by atoms with Crippen molar-refractivity contribution >= 4 is 17.5 Å². The molecule has 3 atom stereocenters. The molecule has 0 unspecified atom stereocenters. The van der Waals surface area contributed by atoms with Gasteiger partial charge in [0.15, 0.2) is 5.75 Å². The number of rotatable bonds is 6. The van der Waals surface area contributed by atoms with Crippen LogP contribution in [0.3, 0.4) is 0 Å². The fourth-order valence-corrected chi connectivity index (χ4v) is 4.11. The van der Waals surface area contributed by atoms with Gasteiger partial charge in [-0.05, 0) is 46.0 Å². The van der Waals surface area contributed by atoms with Crippen LogP contribution in [-0.4, -0.2) is 85.9 Å². The molecule has 0 bridgehead atoms. The molecule has 0 radical (unpaired) electrons. The molecule has 3 rings (SSSR count). The highest BCUT2D eigenvalue weighted by Gasteiger charge is 2.34. The van der Waals surface area contributed by atoms with Crippen LogP contribution in [-0.2, 0) is 9.53 Å². The van der Waals surface area contributed by atoms with E-state index in [0.29, 0.717) is 56.1 Å². The molecular weight excluding hydrogens is 398 g/mol. The summed E-state index contributed by atoms with van der Waals surface area (Å²) in [5.74, 6) is 0.0481. The van der Waals surface area contributed by atoms with Crippen LogP contribution in [0, 0.1) is 11.8 Å². The second-order valence-corrected chi connectivity index (χ2v) is 8.94. The first-order chi connectivity index (χ1) is 14.8. The Morgan fingerprint density at radius 3 is 2.68 bits per heavy atom. The van der Waals surface area contributed by atoms with Gasteiger partial charge in [-0.1, -0.05) is 13.0 Å². The number of ether oxygens (including phenoxy) is 2. The lowest BCUT2D eigenvalue weighted by molar-refractivity contribution is -0.122. The van der Waals surface area contributed by atoms with Gasteiger partial charge in [0, 0.05) is 38.1 Å². The SMILES string of the molecule is C[C@@H]1CN([C@@H](C)CO)C(=O)c2cccc(NC(=O)C3CCOCC3)c2O[C@H]1CN(C)C. The van der Waals surface area contributed by atoms with Crippen LogP contribution < -0.4 is 10.1 Å². The van der Waals surface area contributed by atoms with E-state index in [-0.39, 0.29) is 42.4 Å². The maximum Gasteiger partial charge on any atom is 0.258 e. The van der Waals surface area contributed by atoms with Crippen LogP contribution in [0.4, 0.5) is 5.69 Å². The van der Waals surface area contributed by atoms with Crippen LogP contribution >= 0.6 is 0 Å². The highest BCUT2D eigenvalue weighted by Crippen LogP contribution is 2.35. The molecule has 2 heterocycles. The summed E-state index contributed by atoms with van der Waals surface area (Å²) in [6.45, 7) is 6.08. The smallest absolute Gasteiger partial charge is 0.258 e. The average Bonchev–Trinajstić information content (AvgIpc) is 2.76. The Hall–Kier alpha value is -2.16. The second-order valence-electron chi connectivity index (χ2n) is 8.94. The monoisotopic (exact) mass is 433 g/mol. The molecule has 1 fully saturated rings. The molecule has 2 aliphatic rings. The van der Waals surface area contributed by atoms with E-state index in [2.05, 4.69) is 5.32 Å². The second kappa shape index (κ2) is 10.4. The lowest BCUT2D eigenvalue weighted by Crippen LogP contribution is -2.49. The van der Waals surface area contributed by atoms with E-state index < -0.39 is 0 Å². The summed E-state index contributed by atoms with van der Waals surface area (Å²) >= 11 is 0. The minimum absolute atomic E-state index is 0.0350. The molecule has 31 heavy (non-hydrogen) atoms. The fraction of sp³-hybridized carbons (Fsp3) is 0.652. The van der Waals surface area contributed by atoms with Crippen molar-refractivity contribution in [2.75, 3.05) is 52.3 Å². The first-order valence-electron chi connectivity index (χ1n) is 11.1. The van der Waals surface area contributed by atoms with Crippen molar-refractivity contribution in [2.24, 2.45) is 11.8 Å². The standard InChI is InChI=1S/C23H35N3O5/c1-15-12-26(16(2)14-27)23(29)18-6-5-7-19(21(18)31-20(15)13-25(3)4)24-22(28)17-8-10-30-11-9-17/h5-7,15-17,20,27H,8-14H2,1-4H3,(H,24,28)/t15-,16+,20+/m1/s1. The molecule has 2 N–H and O–H groups in total. The first-order valence-corrected chi connectivity index (χ1v) is 11.1. The highest BCUT2D eigenvalue weighted by atomic mass is 16.5. The van der Waals surface area contributed by atoms with E-state index in [9.17, 15) is 14.7 Å². The summed E-state index contributed by atoms with van der Waals surface area (Å²) in [5.41, 5.74) is 0.914. The number of likely N-dealkylation sites (N-methyl/N-ethyl adjacent to an activating group) is 1. The van der Waals surface area contributed by atoms with Crippen molar-refractivity contribution in [3.63, 3.8) is 0 Å². The molecule has 2 amide bonds. The number of nitrogens with zero attached hydrogens (tertiary/aromatic N) is 2. The zero-order valence-electron chi connectivity index (χ0n) is 19.0. The van der Waals surface area contributed by atoms with Crippen LogP contribution in [0.25, 0.3) is 0 Å². The van der Waals surface area contributed by atoms with Crippen molar-refractivity contribution in [2.45, 2.75) is 38.8 Å². The van der Waals surface area contributed by atoms with Crippen molar-refractivity contribution in [3.8, 4) is 5.75 Å². The number of hydrogen-bond acceptors (Lipinski definition) is 6. The number of nitrogens with one attached hydrogen (secondary N) is 1. The molecule has 172 valence electrons. The third-order valence-electron chi connectivity index (χ3n) is 6.09. The zero-order chi connectivity index (χ0) is 22.5. The Morgan fingerprint density at radius 1 is 1.32 bits per heavy atom. The molecule has 1 saturated heterocycles. The Kier molecular flexibility index (Phi) is 7.91. The van der Waals surface area contributed by atoms with Gasteiger partial charge in [-0.15, -0.1) is 0 Å². The summed E-state index contributed by atoms with van der Waals surface area (Å²) in [7, 11) is 3.96. The number of hydrogen-bond donors (Lipinski definition) is 2. The van der Waals surface area contributed by atoms with Gasteiger partial charge in [0.1, 0.15) is 6.10 Å². The third-order valence-corrected chi connectivity index (χ3v) is 6.09. The topological polar surface area (TPSA) is 91.3 Å². The summed E-state index contributed by atoms with van der Waals surface area (Å²) in [4.78, 5) is 30.0. The predicted molar refractivity (Wildman–Crippen MR) is 118 cm³/mol. The van der Waals surface area contributed by atoms with Crippen LogP contribution in [0.2, 0.25) is 0 Å². The predicted octanol–water partition coefficient (Wildman–Crippen LogP) is 1.83. The van der Waals surface area contributed by atoms with Crippen molar-refractivity contribution in [3.05, 3.63) is 23.8 Å². The van der Waals surface area contributed by atoms with E-state index in [0.717, 1.165) is 0 Å². The zero-order valence-corrected chi connectivity index (χ0v) is 19.0. The van der Waals surface area contributed by atoms with E-state index in [4.69, 9.17) is 9.47 Å². The maximum absolute atomic E-state index is 13.4. The third kappa shape index (κ3) is 5.56. The van der Waals surface area contributed by atoms with Crippen molar-refractivity contribution in [1.82, 2.24) is 9.80 Å². The molecule has 0 aliphatic carbocycles. The Morgan fingerprint density at radius 2 is 2.03 bits per heavy atom. The highest BCUT2D eigenvalue weighted by molar-refractivity contribution is 6.02. The van der Waals surface area contributed by atoms with Crippen molar-refractivity contribution in [1.29, 1.82) is 0 Å². The van der Waals surface area contributed by atoms with Gasteiger partial charge in [-0.3, -0.25) is 9.59 Å². The molecule has 8 nitrogen and oxygen atoms in total. The van der Waals surface area contributed by atoms with Crippen LogP contribution in [0.15, 0.2) is 18.2 Å². The van der Waals surface area contributed by atoms with Crippen molar-refractivity contribution < 1.29 is 24.2 Å². The van der Waals surface area contributed by atoms with Gasteiger partial charge in [0.25, 0.3) is 5.91 Å². The number of para-hydroxylation sites is 1. The fourth-order valence-electron chi connectivity index (χ4n) is 4.11. The quantitative estimate of drug-likeness (QED) is 0.711. The number of fused-ring (bicyclic) bond motifs is 1. The lowest BCUT2D eigenvalue weighted by atomic mass is 9.98. The number of benzene rings is 1. The molecule has 1 aromatic rings. The van der Waals surface area contributed by atoms with E-state index in [1.165, 1.54) is 0 Å². The summed E-state index contributed by atoms with van der Waals surface area (Å²) in [6, 6.07) is 4.94. The molecule has 0 aromatic heterocycles. The first kappa shape index (κ1) is 23.5. The van der Waals surface area contributed by atoms with Gasteiger partial charge in [-0.2, -0.15) is 0 Å². The Bertz CT molecular complexity index is 778. The number of amides is 2. The maximum atomic E-state index is 13.4. The Balaban J connectivity index is 1.97. The molecular formula is C23H35N3O5. The minimum atomic E-state index is -0.318. The molecule has 8 heteroatoms. The normalized spacial score (nSPS) is 23.5. The molecule has 0 saturated carbocycles. The Labute approximate surface area is 184 Å². The van der Waals surface area contributed by atoms with Crippen LogP contribution in [0.1, 0.15) is 37.0 Å². The number of anilines is 1. The number of carbonyl (C=O) groups excluding carboxylic acids is 2. The average molecular weight is 434 g/mol. The largest absolute Gasteiger partial charge is 0.486 e. The van der Waals surface area contributed by atoms with Gasteiger partial charge < -0.3 is 29.7 Å². The van der Waals surface area contributed by atoms with E-state index in [1.807, 2.05) is 32.8 Å². The summed E-state index contributed by atoms with van der Waals surface area (Å²) in [6.07, 6.45) is 1.18. The number of aliphatic hydroxyl groups excluding tert-OH is 1. The summed E-state index contributed by atoms with van der Waals surface area (Å²) < 4.78 is 11.8.